The van der Waals surface area contributed by atoms with Crippen molar-refractivity contribution in [2.75, 3.05) is 30.9 Å². The highest BCUT2D eigenvalue weighted by Gasteiger charge is 2.52. The van der Waals surface area contributed by atoms with E-state index in [1.54, 1.807) is 12.1 Å². The number of amides is 1. The lowest BCUT2D eigenvalue weighted by atomic mass is 9.89. The topological polar surface area (TPSA) is 97.2 Å². The Labute approximate surface area is 327 Å². The molecule has 0 radical (unpaired) electrons. The van der Waals surface area contributed by atoms with E-state index in [4.69, 9.17) is 19.5 Å². The SMILES string of the molecule is CCCCOC(=O)N1[C@@H]2CC[C@H]1[C@H]1CCOC3=NC(c4cccc5ccc(F)c(C#C[Si](C(C)C)(C(C)C)C(C)C)c45)C(F)c4nc(S(C)=O)nc(c43)N1C2. The van der Waals surface area contributed by atoms with Crippen LogP contribution in [0.5, 0.6) is 0 Å². The number of unbranched alkanes of at least 4 members (excludes halogenated alkanes) is 1. The number of rotatable bonds is 8. The number of carbonyl (C=O) groups is 1. The van der Waals surface area contributed by atoms with Crippen LogP contribution in [0.1, 0.15) is 115 Å². The van der Waals surface area contributed by atoms with Crippen molar-refractivity contribution in [3.63, 3.8) is 0 Å². The minimum Gasteiger partial charge on any atom is -0.477 e. The number of halogens is 2. The van der Waals surface area contributed by atoms with E-state index >= 15 is 8.78 Å². The van der Waals surface area contributed by atoms with Gasteiger partial charge in [0.1, 0.15) is 31.3 Å². The first-order chi connectivity index (χ1) is 26.3. The van der Waals surface area contributed by atoms with Crippen LogP contribution in [-0.2, 0) is 20.3 Å². The average Bonchev–Trinajstić information content (AvgIpc) is 3.47. The Kier molecular flexibility index (Phi) is 11.1. The maximum atomic E-state index is 17.5. The molecule has 7 rings (SSSR count). The van der Waals surface area contributed by atoms with Gasteiger partial charge in [-0.2, -0.15) is 0 Å². The van der Waals surface area contributed by atoms with Crippen molar-refractivity contribution >= 4 is 47.5 Å². The highest BCUT2D eigenvalue weighted by Crippen LogP contribution is 2.48. The lowest BCUT2D eigenvalue weighted by molar-refractivity contribution is 0.0644. The van der Waals surface area contributed by atoms with Crippen LogP contribution in [-0.4, -0.2) is 83.3 Å². The van der Waals surface area contributed by atoms with Crippen LogP contribution in [0.3, 0.4) is 0 Å². The van der Waals surface area contributed by atoms with E-state index in [0.717, 1.165) is 31.1 Å². The van der Waals surface area contributed by atoms with Gasteiger partial charge in [0.2, 0.25) is 11.1 Å². The second kappa shape index (κ2) is 15.6. The van der Waals surface area contributed by atoms with E-state index < -0.39 is 36.9 Å². The number of nitrogens with zero attached hydrogens (tertiary/aromatic N) is 5. The van der Waals surface area contributed by atoms with Gasteiger partial charge < -0.3 is 14.4 Å². The quantitative estimate of drug-likeness (QED) is 0.0973. The number of alkyl halides is 1. The van der Waals surface area contributed by atoms with Crippen molar-refractivity contribution in [2.45, 2.75) is 133 Å². The third-order valence-corrected chi connectivity index (χ3v) is 19.4. The van der Waals surface area contributed by atoms with E-state index in [2.05, 4.69) is 69.8 Å². The van der Waals surface area contributed by atoms with Crippen molar-refractivity contribution in [3.05, 3.63) is 58.5 Å². The zero-order valence-corrected chi connectivity index (χ0v) is 35.0. The zero-order valence-electron chi connectivity index (χ0n) is 33.2. The fourth-order valence-electron chi connectivity index (χ4n) is 9.85. The number of hydrogen-bond acceptors (Lipinski definition) is 8. The first-order valence-corrected chi connectivity index (χ1v) is 23.6. The molecule has 4 aliphatic rings. The Morgan fingerprint density at radius 3 is 2.49 bits per heavy atom. The summed E-state index contributed by atoms with van der Waals surface area (Å²) >= 11 is 0. The van der Waals surface area contributed by atoms with E-state index in [9.17, 15) is 9.00 Å². The lowest BCUT2D eigenvalue weighted by Crippen LogP contribution is -2.62. The first-order valence-electron chi connectivity index (χ1n) is 19.9. The number of anilines is 1. The molecule has 6 atom stereocenters. The number of fused-ring (bicyclic) bond motifs is 6. The van der Waals surface area contributed by atoms with E-state index in [0.29, 0.717) is 58.5 Å². The normalized spacial score (nSPS) is 23.7. The molecule has 1 aromatic heterocycles. The summed E-state index contributed by atoms with van der Waals surface area (Å²) in [6, 6.07) is 7.03. The molecule has 2 bridgehead atoms. The van der Waals surface area contributed by atoms with Gasteiger partial charge in [-0.15, -0.1) is 5.54 Å². The minimum absolute atomic E-state index is 0.0114. The molecule has 55 heavy (non-hydrogen) atoms. The van der Waals surface area contributed by atoms with Crippen molar-refractivity contribution in [2.24, 2.45) is 4.99 Å². The van der Waals surface area contributed by atoms with E-state index in [1.807, 2.05) is 17.0 Å². The molecule has 4 aliphatic heterocycles. The predicted molar refractivity (Wildman–Crippen MR) is 216 cm³/mol. The lowest BCUT2D eigenvalue weighted by Gasteiger charge is -2.48. The number of carbonyl (C=O) groups excluding carboxylic acids is 1. The zero-order chi connectivity index (χ0) is 39.3. The average molecular weight is 790 g/mol. The van der Waals surface area contributed by atoms with Gasteiger partial charge in [0.15, 0.2) is 6.17 Å². The van der Waals surface area contributed by atoms with Gasteiger partial charge >= 0.3 is 6.09 Å². The summed E-state index contributed by atoms with van der Waals surface area (Å²) in [7, 11) is -3.89. The standard InChI is InChI=1S/C42H53F2N5O4SSi/c1-9-10-20-53-42(50)49-28-15-17-33(49)32-18-21-52-40-35-38(46-41(54(8)51)47-39(35)48(32)23-28)36(44)37(45-40)30-13-11-12-27-14-16-31(43)29(34(27)30)19-22-55(24(2)3,25(4)5)26(6)7/h11-14,16,24-26,28,32-33,36-37H,9-10,15,17-18,20-21,23H2,1-8H3/t28-,32-,33+,36?,37?,54?/m1/s1. The van der Waals surface area contributed by atoms with Gasteiger partial charge in [-0.3, -0.25) is 9.11 Å². The van der Waals surface area contributed by atoms with E-state index in [-0.39, 0.29) is 53.1 Å². The number of piperazine rings is 1. The number of benzene rings is 2. The molecule has 0 aliphatic carbocycles. The summed E-state index contributed by atoms with van der Waals surface area (Å²) in [5.74, 6) is 3.50. The van der Waals surface area contributed by atoms with Crippen molar-refractivity contribution in [1.82, 2.24) is 14.9 Å². The maximum Gasteiger partial charge on any atom is 0.410 e. The van der Waals surface area contributed by atoms with Crippen LogP contribution in [0.15, 0.2) is 40.5 Å². The number of ether oxygens (including phenoxy) is 2. The summed E-state index contributed by atoms with van der Waals surface area (Å²) in [4.78, 5) is 31.7. The van der Waals surface area contributed by atoms with Gasteiger partial charge in [-0.25, -0.2) is 28.5 Å². The van der Waals surface area contributed by atoms with Gasteiger partial charge in [0.25, 0.3) is 0 Å². The van der Waals surface area contributed by atoms with Crippen molar-refractivity contribution in [1.29, 1.82) is 0 Å². The Morgan fingerprint density at radius 1 is 1.05 bits per heavy atom. The van der Waals surface area contributed by atoms with Gasteiger partial charge in [-0.1, -0.05) is 85.1 Å². The van der Waals surface area contributed by atoms with Gasteiger partial charge in [-0.05, 0) is 52.9 Å². The van der Waals surface area contributed by atoms with Crippen LogP contribution in [0.2, 0.25) is 16.6 Å². The molecule has 5 heterocycles. The van der Waals surface area contributed by atoms with Gasteiger partial charge in [0.05, 0.1) is 53.4 Å². The number of hydrogen-bond donors (Lipinski definition) is 0. The molecule has 0 N–H and O–H groups in total. The second-order valence-corrected chi connectivity index (χ2v) is 23.2. The first kappa shape index (κ1) is 39.3. The highest BCUT2D eigenvalue weighted by atomic mass is 32.2. The summed E-state index contributed by atoms with van der Waals surface area (Å²) < 4.78 is 58.8. The van der Waals surface area contributed by atoms with Crippen molar-refractivity contribution in [3.8, 4) is 11.5 Å². The van der Waals surface area contributed by atoms with Crippen LogP contribution in [0, 0.1) is 17.3 Å². The Morgan fingerprint density at radius 2 is 1.80 bits per heavy atom. The molecule has 0 saturated carbocycles. The molecule has 0 spiro atoms. The molecule has 2 fully saturated rings. The summed E-state index contributed by atoms with van der Waals surface area (Å²) in [5.41, 5.74) is 5.81. The second-order valence-electron chi connectivity index (χ2n) is 16.4. The molecule has 2 saturated heterocycles. The van der Waals surface area contributed by atoms with E-state index in [1.165, 1.54) is 12.3 Å². The van der Waals surface area contributed by atoms with Gasteiger partial charge in [0, 0.05) is 24.6 Å². The van der Waals surface area contributed by atoms with Crippen molar-refractivity contribution < 1.29 is 27.3 Å². The summed E-state index contributed by atoms with van der Waals surface area (Å²) in [5, 5.41) is 1.26. The van der Waals surface area contributed by atoms with Crippen LogP contribution in [0.25, 0.3) is 10.8 Å². The fourth-order valence-corrected chi connectivity index (χ4v) is 15.5. The molecule has 3 unspecified atom stereocenters. The Hall–Kier alpha value is -3.89. The van der Waals surface area contributed by atoms with Crippen LogP contribution < -0.4 is 4.90 Å². The molecular weight excluding hydrogens is 737 g/mol. The monoisotopic (exact) mass is 789 g/mol. The third-order valence-electron chi connectivity index (χ3n) is 12.4. The third kappa shape index (κ3) is 6.75. The molecule has 294 valence electrons. The molecule has 1 amide bonds. The molecule has 9 nitrogen and oxygen atoms in total. The Bertz CT molecular complexity index is 2080. The van der Waals surface area contributed by atoms with Crippen LogP contribution >= 0.6 is 0 Å². The molecule has 13 heteroatoms. The fraction of sp³-hybridized carbons (Fsp3) is 0.571. The molecule has 2 aromatic carbocycles. The summed E-state index contributed by atoms with van der Waals surface area (Å²) in [6.07, 6.45) is 3.26. The smallest absolute Gasteiger partial charge is 0.410 e. The molecular formula is C42H53F2N5O4SSi. The Balaban J connectivity index is 1.35. The highest BCUT2D eigenvalue weighted by molar-refractivity contribution is 7.84. The summed E-state index contributed by atoms with van der Waals surface area (Å²) in [6.45, 7) is 16.4. The largest absolute Gasteiger partial charge is 0.477 e. The number of aliphatic imine (C=N–C) groups is 1. The minimum atomic E-state index is -2.25. The molecule has 3 aromatic rings. The van der Waals surface area contributed by atoms with Crippen LogP contribution in [0.4, 0.5) is 19.4 Å². The maximum absolute atomic E-state index is 17.5. The number of aromatic nitrogens is 2. The predicted octanol–water partition coefficient (Wildman–Crippen LogP) is 8.97.